The molecule has 242 valence electrons. The highest BCUT2D eigenvalue weighted by Crippen LogP contribution is 2.48. The maximum absolute atomic E-state index is 13.2. The minimum Gasteiger partial charge on any atom is -0.345 e. The normalized spacial score (nSPS) is 17.4. The molecule has 1 unspecified atom stereocenters. The molecule has 3 aromatic carbocycles. The lowest BCUT2D eigenvalue weighted by molar-refractivity contribution is -0.137. The van der Waals surface area contributed by atoms with Crippen LogP contribution in [0.1, 0.15) is 47.4 Å². The summed E-state index contributed by atoms with van der Waals surface area (Å²) in [4.78, 5) is 17.1. The second-order valence-corrected chi connectivity index (χ2v) is 14.9. The van der Waals surface area contributed by atoms with E-state index in [0.29, 0.717) is 35.1 Å². The minimum absolute atomic E-state index is 0.0981. The molecule has 1 atom stereocenters. The molecule has 0 aromatic heterocycles. The first-order chi connectivity index (χ1) is 21.2. The van der Waals surface area contributed by atoms with Crippen LogP contribution in [0.5, 0.6) is 0 Å². The first kappa shape index (κ1) is 33.6. The molecule has 0 N–H and O–H groups in total. The molecule has 2 aliphatic heterocycles. The predicted molar refractivity (Wildman–Crippen MR) is 173 cm³/mol. The molecule has 2 aliphatic rings. The van der Waals surface area contributed by atoms with Crippen molar-refractivity contribution in [2.75, 3.05) is 50.3 Å². The lowest BCUT2D eigenvalue weighted by Crippen LogP contribution is -2.46. The lowest BCUT2D eigenvalue weighted by Gasteiger charge is -2.40. The number of hydrogen-bond donors (Lipinski definition) is 0. The van der Waals surface area contributed by atoms with Crippen molar-refractivity contribution in [2.24, 2.45) is 0 Å². The summed E-state index contributed by atoms with van der Waals surface area (Å²) in [6.07, 6.45) is -1.02. The number of fused-ring (bicyclic) bond motifs is 2. The fourth-order valence-corrected chi connectivity index (χ4v) is 7.89. The van der Waals surface area contributed by atoms with Gasteiger partial charge in [0.05, 0.1) is 34.0 Å². The standard InChI is InChI=1S/C33H36Cl2F3N3O3S/c1-39(31(42)19-23-6-5-7-26(18-23)33(36,37)38)21-25(24-10-11-28(34)29(35)20-24)12-15-40-16-13-32(14-17-40)22-41(45(2,43)44)30-9-4-3-8-27(30)32/h3-11,18,20,25H,12-17,19,21-22H2,1-2H3. The van der Waals surface area contributed by atoms with Gasteiger partial charge in [-0.05, 0) is 79.9 Å². The van der Waals surface area contributed by atoms with Crippen molar-refractivity contribution in [1.29, 1.82) is 0 Å². The third-order valence-corrected chi connectivity index (χ3v) is 11.0. The number of nitrogens with zero attached hydrogens (tertiary/aromatic N) is 3. The van der Waals surface area contributed by atoms with Crippen LogP contribution in [-0.4, -0.2) is 70.2 Å². The van der Waals surface area contributed by atoms with Gasteiger partial charge in [0.25, 0.3) is 0 Å². The number of carbonyl (C=O) groups excluding carboxylic acids is 1. The van der Waals surface area contributed by atoms with Crippen molar-refractivity contribution >= 4 is 44.8 Å². The molecule has 0 saturated carbocycles. The Morgan fingerprint density at radius 2 is 1.71 bits per heavy atom. The van der Waals surface area contributed by atoms with Crippen molar-refractivity contribution in [3.05, 3.63) is 99.0 Å². The first-order valence-electron chi connectivity index (χ1n) is 14.8. The van der Waals surface area contributed by atoms with Crippen molar-refractivity contribution in [1.82, 2.24) is 9.80 Å². The fourth-order valence-electron chi connectivity index (χ4n) is 6.58. The molecule has 0 radical (unpaired) electrons. The Labute approximate surface area is 272 Å². The van der Waals surface area contributed by atoms with Crippen LogP contribution in [0.4, 0.5) is 18.9 Å². The molecule has 6 nitrogen and oxygen atoms in total. The number of amides is 1. The molecule has 45 heavy (non-hydrogen) atoms. The van der Waals surface area contributed by atoms with E-state index in [0.717, 1.165) is 61.4 Å². The highest BCUT2D eigenvalue weighted by Gasteiger charge is 2.46. The number of benzene rings is 3. The Bertz CT molecular complexity index is 1660. The highest BCUT2D eigenvalue weighted by atomic mass is 35.5. The van der Waals surface area contributed by atoms with Crippen molar-refractivity contribution in [2.45, 2.75) is 43.2 Å². The van der Waals surface area contributed by atoms with Gasteiger partial charge >= 0.3 is 6.18 Å². The van der Waals surface area contributed by atoms with Crippen molar-refractivity contribution < 1.29 is 26.4 Å². The van der Waals surface area contributed by atoms with Gasteiger partial charge in [0.1, 0.15) is 0 Å². The van der Waals surface area contributed by atoms with Crippen LogP contribution in [0.25, 0.3) is 0 Å². The summed E-state index contributed by atoms with van der Waals surface area (Å²) < 4.78 is 66.2. The van der Waals surface area contributed by atoms with Crippen LogP contribution in [0.3, 0.4) is 0 Å². The summed E-state index contributed by atoms with van der Waals surface area (Å²) in [5.74, 6) is -0.381. The van der Waals surface area contributed by atoms with Gasteiger partial charge in [-0.25, -0.2) is 8.42 Å². The number of sulfonamides is 1. The maximum atomic E-state index is 13.2. The van der Waals surface area contributed by atoms with Crippen LogP contribution in [0.15, 0.2) is 66.7 Å². The van der Waals surface area contributed by atoms with Crippen molar-refractivity contribution in [3.8, 4) is 0 Å². The highest BCUT2D eigenvalue weighted by molar-refractivity contribution is 7.92. The van der Waals surface area contributed by atoms with Crippen LogP contribution in [-0.2, 0) is 32.8 Å². The Morgan fingerprint density at radius 3 is 2.38 bits per heavy atom. The number of piperidine rings is 1. The average Bonchev–Trinajstić information content (AvgIpc) is 3.31. The number of rotatable bonds is 9. The third-order valence-electron chi connectivity index (χ3n) is 9.14. The maximum Gasteiger partial charge on any atom is 0.416 e. The SMILES string of the molecule is CN(CC(CCN1CCC2(CC1)CN(S(C)(=O)=O)c1ccccc12)c1ccc(Cl)c(Cl)c1)C(=O)Cc1cccc(C(F)(F)F)c1. The van der Waals surface area contributed by atoms with E-state index in [9.17, 15) is 26.4 Å². The molecule has 2 heterocycles. The van der Waals surface area contributed by atoms with E-state index >= 15 is 0 Å². The molecule has 1 amide bonds. The average molecular weight is 683 g/mol. The molecule has 5 rings (SSSR count). The largest absolute Gasteiger partial charge is 0.416 e. The van der Waals surface area contributed by atoms with Gasteiger partial charge in [0, 0.05) is 31.5 Å². The van der Waals surface area contributed by atoms with E-state index in [-0.39, 0.29) is 23.7 Å². The van der Waals surface area contributed by atoms with E-state index in [1.54, 1.807) is 24.1 Å². The van der Waals surface area contributed by atoms with Gasteiger partial charge in [-0.15, -0.1) is 0 Å². The second-order valence-electron chi connectivity index (χ2n) is 12.2. The van der Waals surface area contributed by atoms with E-state index in [1.807, 2.05) is 30.3 Å². The smallest absolute Gasteiger partial charge is 0.345 e. The summed E-state index contributed by atoms with van der Waals surface area (Å²) >= 11 is 12.5. The third kappa shape index (κ3) is 7.62. The van der Waals surface area contributed by atoms with Gasteiger partial charge < -0.3 is 9.80 Å². The Kier molecular flexibility index (Phi) is 9.80. The number of hydrogen-bond acceptors (Lipinski definition) is 4. The summed E-state index contributed by atoms with van der Waals surface area (Å²) in [6, 6.07) is 18.0. The van der Waals surface area contributed by atoms with Gasteiger partial charge in [0.15, 0.2) is 0 Å². The molecule has 12 heteroatoms. The summed E-state index contributed by atoms with van der Waals surface area (Å²) in [5, 5.41) is 0.835. The van der Waals surface area contributed by atoms with Crippen LogP contribution in [0.2, 0.25) is 10.0 Å². The molecular formula is C33H36Cl2F3N3O3S. The zero-order valence-corrected chi connectivity index (χ0v) is 27.5. The number of halogens is 5. The molecule has 0 aliphatic carbocycles. The second kappa shape index (κ2) is 13.1. The van der Waals surface area contributed by atoms with Gasteiger partial charge in [0.2, 0.25) is 15.9 Å². The molecule has 0 bridgehead atoms. The zero-order chi connectivity index (χ0) is 32.6. The Morgan fingerprint density at radius 1 is 1.00 bits per heavy atom. The first-order valence-corrected chi connectivity index (χ1v) is 17.4. The topological polar surface area (TPSA) is 60.9 Å². The van der Waals surface area contributed by atoms with Gasteiger partial charge in [-0.1, -0.05) is 65.7 Å². The summed E-state index contributed by atoms with van der Waals surface area (Å²) in [6.45, 7) is 3.14. The molecule has 1 saturated heterocycles. The van der Waals surface area contributed by atoms with Crippen LogP contribution in [0, 0.1) is 0 Å². The number of carbonyl (C=O) groups is 1. The molecular weight excluding hydrogens is 646 g/mol. The number of alkyl halides is 3. The molecule has 1 spiro atoms. The number of anilines is 1. The lowest BCUT2D eigenvalue weighted by atomic mass is 9.74. The van der Waals surface area contributed by atoms with E-state index in [4.69, 9.17) is 23.2 Å². The predicted octanol–water partition coefficient (Wildman–Crippen LogP) is 7.00. The number of likely N-dealkylation sites (N-methyl/N-ethyl adjacent to an activating group) is 1. The molecule has 3 aromatic rings. The Balaban J connectivity index is 1.26. The van der Waals surface area contributed by atoms with Crippen LogP contribution < -0.4 is 4.31 Å². The summed E-state index contributed by atoms with van der Waals surface area (Å²) in [5.41, 5.74) is 2.08. The van der Waals surface area contributed by atoms with E-state index in [1.165, 1.54) is 22.7 Å². The summed E-state index contributed by atoms with van der Waals surface area (Å²) in [7, 11) is -1.73. The van der Waals surface area contributed by atoms with Crippen molar-refractivity contribution in [3.63, 3.8) is 0 Å². The van der Waals surface area contributed by atoms with E-state index in [2.05, 4.69) is 4.90 Å². The minimum atomic E-state index is -4.48. The van der Waals surface area contributed by atoms with Gasteiger partial charge in [-0.2, -0.15) is 13.2 Å². The monoisotopic (exact) mass is 681 g/mol. The quantitative estimate of drug-likeness (QED) is 0.244. The zero-order valence-electron chi connectivity index (χ0n) is 25.2. The molecule has 1 fully saturated rings. The number of likely N-dealkylation sites (tertiary alicyclic amines) is 1. The van der Waals surface area contributed by atoms with Gasteiger partial charge in [-0.3, -0.25) is 9.10 Å². The Hall–Kier alpha value is -2.79. The van der Waals surface area contributed by atoms with E-state index < -0.39 is 21.8 Å². The van der Waals surface area contributed by atoms with Crippen LogP contribution >= 0.6 is 23.2 Å². The fraction of sp³-hybridized carbons (Fsp3) is 0.424. The number of para-hydroxylation sites is 1.